The number of urea groups is 1. The molecule has 7 heteroatoms. The number of ether oxygens (including phenoxy) is 2. The Labute approximate surface area is 163 Å². The molecule has 1 atom stereocenters. The second kappa shape index (κ2) is 7.80. The molecule has 1 N–H and O–H groups in total. The summed E-state index contributed by atoms with van der Waals surface area (Å²) in [7, 11) is 0. The average molecular weight is 381 g/mol. The number of aryl methyl sites for hydroxylation is 1. The molecule has 2 aromatic carbocycles. The van der Waals surface area contributed by atoms with Gasteiger partial charge >= 0.3 is 6.03 Å². The second-order valence-corrected chi connectivity index (χ2v) is 6.98. The zero-order valence-corrected chi connectivity index (χ0v) is 15.8. The molecule has 1 saturated heterocycles. The molecule has 2 heterocycles. The Morgan fingerprint density at radius 1 is 0.964 bits per heavy atom. The Balaban J connectivity index is 1.30. The highest BCUT2D eigenvalue weighted by Gasteiger charge is 2.33. The number of rotatable bonds is 2. The van der Waals surface area contributed by atoms with E-state index in [-0.39, 0.29) is 18.5 Å². The van der Waals surface area contributed by atoms with E-state index in [1.807, 2.05) is 49.4 Å². The fourth-order valence-electron chi connectivity index (χ4n) is 3.40. The molecule has 4 rings (SSSR count). The summed E-state index contributed by atoms with van der Waals surface area (Å²) >= 11 is 0. The van der Waals surface area contributed by atoms with E-state index >= 15 is 0 Å². The SMILES string of the molecule is Cc1cccc(NC(=O)N2CCN(C(=O)[C@H]3COc4ccccc4O3)CC2)c1. The molecule has 28 heavy (non-hydrogen) atoms. The maximum atomic E-state index is 12.8. The van der Waals surface area contributed by atoms with E-state index < -0.39 is 6.10 Å². The fourth-order valence-corrected chi connectivity index (χ4v) is 3.40. The lowest BCUT2D eigenvalue weighted by molar-refractivity contribution is -0.142. The largest absolute Gasteiger partial charge is 0.485 e. The number of nitrogens with zero attached hydrogens (tertiary/aromatic N) is 2. The van der Waals surface area contributed by atoms with Crippen LogP contribution in [0, 0.1) is 6.92 Å². The maximum Gasteiger partial charge on any atom is 0.321 e. The van der Waals surface area contributed by atoms with E-state index in [2.05, 4.69) is 5.32 Å². The summed E-state index contributed by atoms with van der Waals surface area (Å²) in [5, 5.41) is 2.91. The van der Waals surface area contributed by atoms with Crippen LogP contribution in [0.25, 0.3) is 0 Å². The van der Waals surface area contributed by atoms with E-state index in [1.165, 1.54) is 0 Å². The molecule has 0 aromatic heterocycles. The molecule has 146 valence electrons. The van der Waals surface area contributed by atoms with Crippen molar-refractivity contribution < 1.29 is 19.1 Å². The topological polar surface area (TPSA) is 71.1 Å². The standard InChI is InChI=1S/C21H23N3O4/c1-15-5-4-6-16(13-15)22-21(26)24-11-9-23(10-12-24)20(25)19-14-27-17-7-2-3-8-18(17)28-19/h2-8,13,19H,9-12,14H2,1H3,(H,22,26)/t19-/m1/s1. The van der Waals surface area contributed by atoms with Crippen LogP contribution in [0.1, 0.15) is 5.56 Å². The van der Waals surface area contributed by atoms with Gasteiger partial charge in [-0.2, -0.15) is 0 Å². The predicted molar refractivity (Wildman–Crippen MR) is 105 cm³/mol. The minimum atomic E-state index is -0.650. The van der Waals surface area contributed by atoms with Gasteiger partial charge in [0.25, 0.3) is 5.91 Å². The van der Waals surface area contributed by atoms with Crippen LogP contribution >= 0.6 is 0 Å². The Bertz CT molecular complexity index is 877. The van der Waals surface area contributed by atoms with Gasteiger partial charge in [0, 0.05) is 31.9 Å². The van der Waals surface area contributed by atoms with Crippen molar-refractivity contribution in [2.45, 2.75) is 13.0 Å². The van der Waals surface area contributed by atoms with Gasteiger partial charge in [0.15, 0.2) is 11.5 Å². The number of nitrogens with one attached hydrogen (secondary N) is 1. The maximum absolute atomic E-state index is 12.8. The smallest absolute Gasteiger partial charge is 0.321 e. The molecule has 7 nitrogen and oxygen atoms in total. The Morgan fingerprint density at radius 2 is 1.68 bits per heavy atom. The molecule has 2 aliphatic heterocycles. The Hall–Kier alpha value is -3.22. The zero-order valence-electron chi connectivity index (χ0n) is 15.8. The highest BCUT2D eigenvalue weighted by molar-refractivity contribution is 5.89. The minimum absolute atomic E-state index is 0.103. The van der Waals surface area contributed by atoms with Crippen LogP contribution in [0.2, 0.25) is 0 Å². The van der Waals surface area contributed by atoms with E-state index in [0.717, 1.165) is 11.3 Å². The van der Waals surface area contributed by atoms with E-state index in [4.69, 9.17) is 9.47 Å². The van der Waals surface area contributed by atoms with Crippen molar-refractivity contribution in [1.82, 2.24) is 9.80 Å². The molecular weight excluding hydrogens is 358 g/mol. The quantitative estimate of drug-likeness (QED) is 0.868. The molecular formula is C21H23N3O4. The number of hydrogen-bond donors (Lipinski definition) is 1. The number of carbonyl (C=O) groups excluding carboxylic acids is 2. The van der Waals surface area contributed by atoms with E-state index in [1.54, 1.807) is 15.9 Å². The number of piperazine rings is 1. The van der Waals surface area contributed by atoms with Crippen molar-refractivity contribution in [1.29, 1.82) is 0 Å². The molecule has 0 spiro atoms. The van der Waals surface area contributed by atoms with E-state index in [0.29, 0.717) is 37.7 Å². The summed E-state index contributed by atoms with van der Waals surface area (Å²) in [6.07, 6.45) is -0.650. The lowest BCUT2D eigenvalue weighted by atomic mass is 10.2. The Kier molecular flexibility index (Phi) is 5.06. The van der Waals surface area contributed by atoms with Gasteiger partial charge in [-0.25, -0.2) is 4.79 Å². The predicted octanol–water partition coefficient (Wildman–Crippen LogP) is 2.51. The monoisotopic (exact) mass is 381 g/mol. The van der Waals surface area contributed by atoms with Crippen molar-refractivity contribution in [3.05, 3.63) is 54.1 Å². The van der Waals surface area contributed by atoms with Gasteiger partial charge in [-0.1, -0.05) is 24.3 Å². The van der Waals surface area contributed by atoms with Crippen LogP contribution in [0.3, 0.4) is 0 Å². The number of fused-ring (bicyclic) bond motifs is 1. The molecule has 2 aromatic rings. The van der Waals surface area contributed by atoms with Crippen molar-refractivity contribution in [2.24, 2.45) is 0 Å². The van der Waals surface area contributed by atoms with Gasteiger partial charge in [-0.05, 0) is 36.8 Å². The molecule has 3 amide bonds. The van der Waals surface area contributed by atoms with Crippen LogP contribution in [0.5, 0.6) is 11.5 Å². The number of amides is 3. The Morgan fingerprint density at radius 3 is 2.43 bits per heavy atom. The molecule has 2 aliphatic rings. The van der Waals surface area contributed by atoms with Crippen LogP contribution in [0.15, 0.2) is 48.5 Å². The summed E-state index contributed by atoms with van der Waals surface area (Å²) in [4.78, 5) is 28.7. The average Bonchev–Trinajstić information content (AvgIpc) is 2.73. The number of carbonyl (C=O) groups is 2. The van der Waals surface area contributed by atoms with Crippen LogP contribution in [0.4, 0.5) is 10.5 Å². The third-order valence-corrected chi connectivity index (χ3v) is 4.93. The molecule has 0 unspecified atom stereocenters. The molecule has 0 aliphatic carbocycles. The third-order valence-electron chi connectivity index (χ3n) is 4.93. The molecule has 0 bridgehead atoms. The first-order valence-electron chi connectivity index (χ1n) is 9.40. The number of anilines is 1. The summed E-state index contributed by atoms with van der Waals surface area (Å²) < 4.78 is 11.4. The van der Waals surface area contributed by atoms with Gasteiger partial charge < -0.3 is 24.6 Å². The van der Waals surface area contributed by atoms with Crippen LogP contribution in [-0.2, 0) is 4.79 Å². The number of benzene rings is 2. The van der Waals surface area contributed by atoms with Gasteiger partial charge in [0.1, 0.15) is 6.61 Å². The van der Waals surface area contributed by atoms with Crippen molar-refractivity contribution >= 4 is 17.6 Å². The first-order chi connectivity index (χ1) is 13.6. The fraction of sp³-hybridized carbons (Fsp3) is 0.333. The first kappa shape index (κ1) is 18.2. The van der Waals surface area contributed by atoms with Crippen molar-refractivity contribution in [3.8, 4) is 11.5 Å². The summed E-state index contributed by atoms with van der Waals surface area (Å²) in [5.74, 6) is 1.14. The van der Waals surface area contributed by atoms with Gasteiger partial charge in [-0.15, -0.1) is 0 Å². The lowest BCUT2D eigenvalue weighted by Crippen LogP contribution is -2.55. The van der Waals surface area contributed by atoms with Crippen molar-refractivity contribution in [2.75, 3.05) is 38.1 Å². The third kappa shape index (κ3) is 3.88. The van der Waals surface area contributed by atoms with Crippen LogP contribution in [-0.4, -0.2) is 60.6 Å². The second-order valence-electron chi connectivity index (χ2n) is 6.98. The van der Waals surface area contributed by atoms with Crippen molar-refractivity contribution in [3.63, 3.8) is 0 Å². The van der Waals surface area contributed by atoms with Crippen LogP contribution < -0.4 is 14.8 Å². The summed E-state index contributed by atoms with van der Waals surface area (Å²) in [5.41, 5.74) is 1.86. The summed E-state index contributed by atoms with van der Waals surface area (Å²) in [6, 6.07) is 14.9. The molecule has 1 fully saturated rings. The number of para-hydroxylation sites is 2. The highest BCUT2D eigenvalue weighted by atomic mass is 16.6. The van der Waals surface area contributed by atoms with Gasteiger partial charge in [-0.3, -0.25) is 4.79 Å². The van der Waals surface area contributed by atoms with E-state index in [9.17, 15) is 9.59 Å². The molecule has 0 saturated carbocycles. The minimum Gasteiger partial charge on any atom is -0.485 e. The lowest BCUT2D eigenvalue weighted by Gasteiger charge is -2.37. The highest BCUT2D eigenvalue weighted by Crippen LogP contribution is 2.31. The summed E-state index contributed by atoms with van der Waals surface area (Å²) in [6.45, 7) is 4.09. The molecule has 0 radical (unpaired) electrons. The zero-order chi connectivity index (χ0) is 19.5. The number of hydrogen-bond acceptors (Lipinski definition) is 4. The van der Waals surface area contributed by atoms with Gasteiger partial charge in [0.05, 0.1) is 0 Å². The normalized spacial score (nSPS) is 18.5. The first-order valence-corrected chi connectivity index (χ1v) is 9.40. The van der Waals surface area contributed by atoms with Gasteiger partial charge in [0.2, 0.25) is 6.10 Å².